The van der Waals surface area contributed by atoms with E-state index in [1.54, 1.807) is 25.3 Å². The first-order valence-electron chi connectivity index (χ1n) is 6.37. The fourth-order valence-electron chi connectivity index (χ4n) is 2.05. The molecule has 21 heavy (non-hydrogen) atoms. The Bertz CT molecular complexity index is 831. The lowest BCUT2D eigenvalue weighted by molar-refractivity contribution is 0.0696. The summed E-state index contributed by atoms with van der Waals surface area (Å²) in [7, 11) is 0. The van der Waals surface area contributed by atoms with Crippen LogP contribution in [0.15, 0.2) is 48.7 Å². The average molecular weight is 280 g/mol. The molecule has 0 fully saturated rings. The van der Waals surface area contributed by atoms with E-state index in [9.17, 15) is 4.79 Å². The number of rotatable bonds is 3. The summed E-state index contributed by atoms with van der Waals surface area (Å²) < 4.78 is 5.59. The number of hydrogen-bond donors (Lipinski definition) is 1. The molecule has 0 aliphatic carbocycles. The highest BCUT2D eigenvalue weighted by molar-refractivity contribution is 5.89. The summed E-state index contributed by atoms with van der Waals surface area (Å²) in [5.74, 6) is -0.450. The second-order valence-corrected chi connectivity index (χ2v) is 4.60. The van der Waals surface area contributed by atoms with Crippen molar-refractivity contribution in [2.24, 2.45) is 0 Å². The second kappa shape index (κ2) is 5.20. The molecule has 1 N–H and O–H groups in total. The van der Waals surface area contributed by atoms with E-state index in [0.29, 0.717) is 11.3 Å². The van der Waals surface area contributed by atoms with Crippen LogP contribution in [0, 0.1) is 6.92 Å². The van der Waals surface area contributed by atoms with Gasteiger partial charge in [-0.05, 0) is 36.8 Å². The fourth-order valence-corrected chi connectivity index (χ4v) is 2.05. The van der Waals surface area contributed by atoms with Gasteiger partial charge in [0.2, 0.25) is 0 Å². The zero-order chi connectivity index (χ0) is 14.8. The third-order valence-electron chi connectivity index (χ3n) is 3.10. The van der Waals surface area contributed by atoms with E-state index in [1.807, 2.05) is 24.3 Å². The van der Waals surface area contributed by atoms with Crippen molar-refractivity contribution >= 4 is 16.9 Å². The van der Waals surface area contributed by atoms with Gasteiger partial charge in [0.25, 0.3) is 0 Å². The summed E-state index contributed by atoms with van der Waals surface area (Å²) in [5.41, 5.74) is 1.67. The second-order valence-electron chi connectivity index (χ2n) is 4.60. The SMILES string of the molecule is Cc1cc(Oc2ncc3ccccc3n2)ccc1C(=O)O. The van der Waals surface area contributed by atoms with Gasteiger partial charge >= 0.3 is 12.0 Å². The summed E-state index contributed by atoms with van der Waals surface area (Å²) in [6, 6.07) is 12.6. The number of carbonyl (C=O) groups is 1. The molecule has 1 heterocycles. The Morgan fingerprint density at radius 1 is 1.19 bits per heavy atom. The largest absolute Gasteiger partial charge is 0.478 e. The van der Waals surface area contributed by atoms with Gasteiger partial charge in [-0.2, -0.15) is 4.98 Å². The van der Waals surface area contributed by atoms with E-state index in [1.165, 1.54) is 6.07 Å². The Morgan fingerprint density at radius 2 is 2.00 bits per heavy atom. The van der Waals surface area contributed by atoms with Gasteiger partial charge in [-0.15, -0.1) is 0 Å². The molecule has 3 aromatic rings. The van der Waals surface area contributed by atoms with Crippen molar-refractivity contribution in [3.8, 4) is 11.8 Å². The molecular weight excluding hydrogens is 268 g/mol. The smallest absolute Gasteiger partial charge is 0.335 e. The minimum atomic E-state index is -0.957. The van der Waals surface area contributed by atoms with Crippen molar-refractivity contribution in [2.45, 2.75) is 6.92 Å². The van der Waals surface area contributed by atoms with Gasteiger partial charge < -0.3 is 9.84 Å². The van der Waals surface area contributed by atoms with Crippen LogP contribution >= 0.6 is 0 Å². The van der Waals surface area contributed by atoms with Crippen LogP contribution in [-0.2, 0) is 0 Å². The number of aromatic nitrogens is 2. The van der Waals surface area contributed by atoms with Crippen LogP contribution in [0.4, 0.5) is 0 Å². The molecule has 3 rings (SSSR count). The molecule has 0 bridgehead atoms. The predicted molar refractivity (Wildman–Crippen MR) is 77.8 cm³/mol. The van der Waals surface area contributed by atoms with Crippen LogP contribution in [-0.4, -0.2) is 21.0 Å². The van der Waals surface area contributed by atoms with E-state index < -0.39 is 5.97 Å². The zero-order valence-corrected chi connectivity index (χ0v) is 11.3. The van der Waals surface area contributed by atoms with Gasteiger partial charge in [0.1, 0.15) is 5.75 Å². The van der Waals surface area contributed by atoms with Crippen LogP contribution < -0.4 is 4.74 Å². The third-order valence-corrected chi connectivity index (χ3v) is 3.10. The number of nitrogens with zero attached hydrogens (tertiary/aromatic N) is 2. The Labute approximate surface area is 120 Å². The average Bonchev–Trinajstić information content (AvgIpc) is 2.47. The van der Waals surface area contributed by atoms with Crippen LogP contribution in [0.3, 0.4) is 0 Å². The Kier molecular flexibility index (Phi) is 3.23. The number of ether oxygens (including phenoxy) is 1. The van der Waals surface area contributed by atoms with E-state index in [-0.39, 0.29) is 11.6 Å². The minimum absolute atomic E-state index is 0.233. The lowest BCUT2D eigenvalue weighted by Gasteiger charge is -2.07. The summed E-state index contributed by atoms with van der Waals surface area (Å²) in [6.45, 7) is 1.72. The van der Waals surface area contributed by atoms with Gasteiger partial charge in [0.15, 0.2) is 0 Å². The first-order valence-corrected chi connectivity index (χ1v) is 6.37. The van der Waals surface area contributed by atoms with Crippen molar-refractivity contribution in [1.82, 2.24) is 9.97 Å². The van der Waals surface area contributed by atoms with E-state index in [4.69, 9.17) is 9.84 Å². The normalized spacial score (nSPS) is 10.5. The Morgan fingerprint density at radius 3 is 2.76 bits per heavy atom. The van der Waals surface area contributed by atoms with Crippen LogP contribution in [0.1, 0.15) is 15.9 Å². The number of hydrogen-bond acceptors (Lipinski definition) is 4. The van der Waals surface area contributed by atoms with Crippen molar-refractivity contribution in [3.05, 3.63) is 59.8 Å². The number of carboxylic acids is 1. The van der Waals surface area contributed by atoms with Crippen molar-refractivity contribution in [1.29, 1.82) is 0 Å². The van der Waals surface area contributed by atoms with E-state index >= 15 is 0 Å². The summed E-state index contributed by atoms with van der Waals surface area (Å²) >= 11 is 0. The standard InChI is InChI=1S/C16H12N2O3/c1-10-8-12(6-7-13(10)15(19)20)21-16-17-9-11-4-2-3-5-14(11)18-16/h2-9H,1H3,(H,19,20). The quantitative estimate of drug-likeness (QED) is 0.795. The molecule has 0 spiro atoms. The molecule has 0 saturated heterocycles. The molecule has 0 atom stereocenters. The first-order chi connectivity index (χ1) is 10.1. The topological polar surface area (TPSA) is 72.3 Å². The van der Waals surface area contributed by atoms with E-state index in [0.717, 1.165) is 10.9 Å². The highest BCUT2D eigenvalue weighted by Gasteiger charge is 2.09. The fraction of sp³-hybridized carbons (Fsp3) is 0.0625. The van der Waals surface area contributed by atoms with Gasteiger partial charge in [0.05, 0.1) is 11.1 Å². The molecule has 0 aliphatic rings. The molecule has 0 amide bonds. The molecule has 5 nitrogen and oxygen atoms in total. The molecule has 0 saturated carbocycles. The zero-order valence-electron chi connectivity index (χ0n) is 11.3. The maximum Gasteiger partial charge on any atom is 0.335 e. The summed E-state index contributed by atoms with van der Waals surface area (Å²) in [5, 5.41) is 9.93. The van der Waals surface area contributed by atoms with Gasteiger partial charge in [0, 0.05) is 11.6 Å². The molecule has 1 aromatic heterocycles. The van der Waals surface area contributed by atoms with Crippen LogP contribution in [0.5, 0.6) is 11.8 Å². The third kappa shape index (κ3) is 2.67. The molecule has 2 aromatic carbocycles. The highest BCUT2D eigenvalue weighted by Crippen LogP contribution is 2.22. The number of aryl methyl sites for hydroxylation is 1. The summed E-state index contributed by atoms with van der Waals surface area (Å²) in [6.07, 6.45) is 1.69. The highest BCUT2D eigenvalue weighted by atomic mass is 16.5. The van der Waals surface area contributed by atoms with Crippen LogP contribution in [0.2, 0.25) is 0 Å². The van der Waals surface area contributed by atoms with Gasteiger partial charge in [-0.3, -0.25) is 0 Å². The van der Waals surface area contributed by atoms with Gasteiger partial charge in [-0.1, -0.05) is 18.2 Å². The molecule has 0 radical (unpaired) electrons. The maximum absolute atomic E-state index is 11.0. The monoisotopic (exact) mass is 280 g/mol. The number of aromatic carboxylic acids is 1. The van der Waals surface area contributed by atoms with Gasteiger partial charge in [-0.25, -0.2) is 9.78 Å². The number of fused-ring (bicyclic) bond motifs is 1. The molecule has 5 heteroatoms. The molecular formula is C16H12N2O3. The van der Waals surface area contributed by atoms with Crippen LogP contribution in [0.25, 0.3) is 10.9 Å². The lowest BCUT2D eigenvalue weighted by atomic mass is 10.1. The number of carboxylic acid groups (broad SMARTS) is 1. The first kappa shape index (κ1) is 13.1. The maximum atomic E-state index is 11.0. The lowest BCUT2D eigenvalue weighted by Crippen LogP contribution is -2.00. The Balaban J connectivity index is 1.91. The summed E-state index contributed by atoms with van der Waals surface area (Å²) in [4.78, 5) is 19.4. The Hall–Kier alpha value is -2.95. The van der Waals surface area contributed by atoms with Crippen molar-refractivity contribution < 1.29 is 14.6 Å². The molecule has 0 unspecified atom stereocenters. The molecule has 0 aliphatic heterocycles. The number of para-hydroxylation sites is 1. The number of benzene rings is 2. The predicted octanol–water partition coefficient (Wildman–Crippen LogP) is 3.43. The van der Waals surface area contributed by atoms with Crippen molar-refractivity contribution in [2.75, 3.05) is 0 Å². The van der Waals surface area contributed by atoms with Crippen molar-refractivity contribution in [3.63, 3.8) is 0 Å². The van der Waals surface area contributed by atoms with E-state index in [2.05, 4.69) is 9.97 Å². The molecule has 104 valence electrons. The minimum Gasteiger partial charge on any atom is -0.478 e.